The number of nitrogens with one attached hydrogen (secondary N) is 1. The van der Waals surface area contributed by atoms with Crippen molar-refractivity contribution in [2.24, 2.45) is 0 Å². The lowest BCUT2D eigenvalue weighted by atomic mass is 9.79. The summed E-state index contributed by atoms with van der Waals surface area (Å²) in [4.78, 5) is 19.9. The SMILES string of the molecule is O=C(Cc1csc(-c2ccccc2)n1)NCC1(N2CCOCC2)CCCCC1. The first-order valence-corrected chi connectivity index (χ1v) is 11.2. The summed E-state index contributed by atoms with van der Waals surface area (Å²) < 4.78 is 5.54. The Morgan fingerprint density at radius 3 is 2.64 bits per heavy atom. The van der Waals surface area contributed by atoms with Gasteiger partial charge in [0.1, 0.15) is 5.01 Å². The molecule has 1 aromatic heterocycles. The molecule has 2 aromatic rings. The third kappa shape index (κ3) is 4.62. The van der Waals surface area contributed by atoms with E-state index in [2.05, 4.69) is 27.3 Å². The van der Waals surface area contributed by atoms with Gasteiger partial charge < -0.3 is 10.1 Å². The van der Waals surface area contributed by atoms with Gasteiger partial charge in [0.15, 0.2) is 0 Å². The van der Waals surface area contributed by atoms with Crippen LogP contribution >= 0.6 is 11.3 Å². The average Bonchev–Trinajstić information content (AvgIpc) is 3.23. The number of nitrogens with zero attached hydrogens (tertiary/aromatic N) is 2. The van der Waals surface area contributed by atoms with Crippen molar-refractivity contribution in [2.45, 2.75) is 44.1 Å². The van der Waals surface area contributed by atoms with Crippen LogP contribution in [0.25, 0.3) is 10.6 Å². The standard InChI is InChI=1S/C22H29N3O2S/c26-20(15-19-16-28-21(24-19)18-7-3-1-4-8-18)23-17-22(9-5-2-6-10-22)25-11-13-27-14-12-25/h1,3-4,7-8,16H,2,5-6,9-15,17H2,(H,23,26). The highest BCUT2D eigenvalue weighted by Gasteiger charge is 2.38. The molecule has 2 fully saturated rings. The maximum Gasteiger partial charge on any atom is 0.226 e. The summed E-state index contributed by atoms with van der Waals surface area (Å²) >= 11 is 1.60. The normalized spacial score (nSPS) is 20.0. The van der Waals surface area contributed by atoms with Gasteiger partial charge in [-0.2, -0.15) is 0 Å². The van der Waals surface area contributed by atoms with Crippen molar-refractivity contribution in [3.63, 3.8) is 0 Å². The van der Waals surface area contributed by atoms with E-state index in [0.717, 1.165) is 49.1 Å². The number of hydrogen-bond acceptors (Lipinski definition) is 5. The molecule has 1 saturated heterocycles. The lowest BCUT2D eigenvalue weighted by molar-refractivity contribution is -0.121. The minimum atomic E-state index is 0.0723. The molecule has 150 valence electrons. The molecular weight excluding hydrogens is 370 g/mol. The van der Waals surface area contributed by atoms with Gasteiger partial charge >= 0.3 is 0 Å². The molecule has 1 amide bonds. The van der Waals surface area contributed by atoms with Gasteiger partial charge in [-0.15, -0.1) is 11.3 Å². The van der Waals surface area contributed by atoms with E-state index in [0.29, 0.717) is 6.42 Å². The lowest BCUT2D eigenvalue weighted by Crippen LogP contribution is -2.59. The molecule has 0 radical (unpaired) electrons. The van der Waals surface area contributed by atoms with Crippen LogP contribution in [0, 0.1) is 0 Å². The molecule has 0 spiro atoms. The zero-order valence-corrected chi connectivity index (χ0v) is 17.2. The highest BCUT2D eigenvalue weighted by molar-refractivity contribution is 7.13. The third-order valence-electron chi connectivity index (χ3n) is 5.99. The van der Waals surface area contributed by atoms with E-state index in [1.807, 2.05) is 23.6 Å². The summed E-state index contributed by atoms with van der Waals surface area (Å²) in [6.07, 6.45) is 6.49. The summed E-state index contributed by atoms with van der Waals surface area (Å²) in [5.74, 6) is 0.0723. The number of amides is 1. The van der Waals surface area contributed by atoms with Crippen LogP contribution in [0.1, 0.15) is 37.8 Å². The predicted octanol–water partition coefficient (Wildman–Crippen LogP) is 3.50. The van der Waals surface area contributed by atoms with E-state index in [-0.39, 0.29) is 11.4 Å². The van der Waals surface area contributed by atoms with Crippen LogP contribution in [0.4, 0.5) is 0 Å². The second-order valence-corrected chi connectivity index (χ2v) is 8.71. The van der Waals surface area contributed by atoms with Gasteiger partial charge in [-0.25, -0.2) is 4.98 Å². The summed E-state index contributed by atoms with van der Waals surface area (Å²) in [6.45, 7) is 4.29. The number of morpholine rings is 1. The molecule has 0 atom stereocenters. The fourth-order valence-electron chi connectivity index (χ4n) is 4.44. The topological polar surface area (TPSA) is 54.5 Å². The maximum atomic E-state index is 12.6. The fraction of sp³-hybridized carbons (Fsp3) is 0.545. The van der Waals surface area contributed by atoms with Crippen LogP contribution in [0.15, 0.2) is 35.7 Å². The summed E-state index contributed by atoms with van der Waals surface area (Å²) in [5.41, 5.74) is 2.06. The Bertz CT molecular complexity index is 765. The average molecular weight is 400 g/mol. The molecule has 2 aliphatic rings. The molecule has 0 bridgehead atoms. The van der Waals surface area contributed by atoms with Crippen LogP contribution in [0.3, 0.4) is 0 Å². The Morgan fingerprint density at radius 2 is 1.89 bits per heavy atom. The number of carbonyl (C=O) groups excluding carboxylic acids is 1. The molecule has 0 unspecified atom stereocenters. The third-order valence-corrected chi connectivity index (χ3v) is 6.94. The monoisotopic (exact) mass is 399 g/mol. The van der Waals surface area contributed by atoms with Gasteiger partial charge in [0, 0.05) is 36.1 Å². The quantitative estimate of drug-likeness (QED) is 0.808. The largest absolute Gasteiger partial charge is 0.379 e. The Kier molecular flexibility index (Phi) is 6.40. The molecule has 1 aliphatic carbocycles. The molecule has 1 N–H and O–H groups in total. The minimum absolute atomic E-state index is 0.0723. The van der Waals surface area contributed by atoms with Gasteiger partial charge in [-0.1, -0.05) is 49.6 Å². The molecule has 4 rings (SSSR count). The van der Waals surface area contributed by atoms with Crippen molar-refractivity contribution in [1.29, 1.82) is 0 Å². The number of ether oxygens (including phenoxy) is 1. The Hall–Kier alpha value is -1.76. The Morgan fingerprint density at radius 1 is 1.14 bits per heavy atom. The van der Waals surface area contributed by atoms with Crippen molar-refractivity contribution in [1.82, 2.24) is 15.2 Å². The number of thiazole rings is 1. The summed E-state index contributed by atoms with van der Waals surface area (Å²) in [7, 11) is 0. The second kappa shape index (κ2) is 9.16. The summed E-state index contributed by atoms with van der Waals surface area (Å²) in [5, 5.41) is 6.20. The zero-order chi connectivity index (χ0) is 19.2. The van der Waals surface area contributed by atoms with Crippen molar-refractivity contribution in [2.75, 3.05) is 32.8 Å². The van der Waals surface area contributed by atoms with Gasteiger partial charge in [0.2, 0.25) is 5.91 Å². The van der Waals surface area contributed by atoms with E-state index in [1.165, 1.54) is 32.1 Å². The zero-order valence-electron chi connectivity index (χ0n) is 16.4. The van der Waals surface area contributed by atoms with E-state index in [9.17, 15) is 4.79 Å². The fourth-order valence-corrected chi connectivity index (χ4v) is 5.27. The molecule has 1 aromatic carbocycles. The number of carbonyl (C=O) groups is 1. The second-order valence-electron chi connectivity index (χ2n) is 7.85. The van der Waals surface area contributed by atoms with Crippen LogP contribution in [-0.2, 0) is 16.0 Å². The molecule has 6 heteroatoms. The molecule has 2 heterocycles. The first-order chi connectivity index (χ1) is 13.8. The Balaban J connectivity index is 1.35. The van der Waals surface area contributed by atoms with Gasteiger partial charge in [-0.3, -0.25) is 9.69 Å². The molecule has 28 heavy (non-hydrogen) atoms. The van der Waals surface area contributed by atoms with Crippen LogP contribution in [0.2, 0.25) is 0 Å². The van der Waals surface area contributed by atoms with Crippen molar-refractivity contribution in [3.8, 4) is 10.6 Å². The van der Waals surface area contributed by atoms with Crippen molar-refractivity contribution < 1.29 is 9.53 Å². The molecule has 1 aliphatic heterocycles. The van der Waals surface area contributed by atoms with Gasteiger partial charge in [0.25, 0.3) is 0 Å². The molecule has 1 saturated carbocycles. The van der Waals surface area contributed by atoms with Crippen LogP contribution in [0.5, 0.6) is 0 Å². The first kappa shape index (κ1) is 19.6. The summed E-state index contributed by atoms with van der Waals surface area (Å²) in [6, 6.07) is 10.1. The lowest BCUT2D eigenvalue weighted by Gasteiger charge is -2.48. The van der Waals surface area contributed by atoms with Crippen LogP contribution < -0.4 is 5.32 Å². The number of hydrogen-bond donors (Lipinski definition) is 1. The maximum absolute atomic E-state index is 12.6. The van der Waals surface area contributed by atoms with Crippen LogP contribution in [-0.4, -0.2) is 54.2 Å². The number of rotatable bonds is 6. The minimum Gasteiger partial charge on any atom is -0.379 e. The number of aromatic nitrogens is 1. The van der Waals surface area contributed by atoms with E-state index < -0.39 is 0 Å². The highest BCUT2D eigenvalue weighted by Crippen LogP contribution is 2.34. The van der Waals surface area contributed by atoms with Gasteiger partial charge in [-0.05, 0) is 12.8 Å². The van der Waals surface area contributed by atoms with E-state index in [4.69, 9.17) is 4.74 Å². The molecular formula is C22H29N3O2S. The predicted molar refractivity (Wildman–Crippen MR) is 112 cm³/mol. The Labute approximate surface area is 171 Å². The van der Waals surface area contributed by atoms with Gasteiger partial charge in [0.05, 0.1) is 25.3 Å². The van der Waals surface area contributed by atoms with Crippen molar-refractivity contribution in [3.05, 3.63) is 41.4 Å². The van der Waals surface area contributed by atoms with Crippen molar-refractivity contribution >= 4 is 17.2 Å². The van der Waals surface area contributed by atoms with E-state index >= 15 is 0 Å². The first-order valence-electron chi connectivity index (χ1n) is 10.3. The highest BCUT2D eigenvalue weighted by atomic mass is 32.1. The number of benzene rings is 1. The van der Waals surface area contributed by atoms with E-state index in [1.54, 1.807) is 11.3 Å². The molecule has 5 nitrogen and oxygen atoms in total. The smallest absolute Gasteiger partial charge is 0.226 e.